The Kier molecular flexibility index (Phi) is 2.49. The summed E-state index contributed by atoms with van der Waals surface area (Å²) in [5, 5.41) is 16.1. The Labute approximate surface area is 86.6 Å². The number of nitrogens with one attached hydrogen (secondary N) is 1. The van der Waals surface area contributed by atoms with E-state index in [0.717, 1.165) is 12.2 Å². The number of anilines is 2. The number of aryl methyl sites for hydroxylation is 1. The molecule has 0 aromatic carbocycles. The Morgan fingerprint density at radius 3 is 2.67 bits per heavy atom. The highest BCUT2D eigenvalue weighted by Gasteiger charge is 1.99. The van der Waals surface area contributed by atoms with Crippen molar-refractivity contribution >= 4 is 11.6 Å². The molecular formula is C9H11N5O. The predicted octanol–water partition coefficient (Wildman–Crippen LogP) is 1.14. The zero-order valence-corrected chi connectivity index (χ0v) is 8.25. The Morgan fingerprint density at radius 1 is 1.33 bits per heavy atom. The standard InChI is InChI=1S/C9H11N5O/c1-2-14-6-7(3-12-14)13-9-10-4-8(15)5-11-9/h3-6,15H,2H2,1H3,(H,10,11,13). The Bertz CT molecular complexity index is 436. The average Bonchev–Trinajstić information content (AvgIpc) is 2.69. The molecule has 2 aromatic rings. The fourth-order valence-corrected chi connectivity index (χ4v) is 1.12. The summed E-state index contributed by atoms with van der Waals surface area (Å²) < 4.78 is 1.79. The summed E-state index contributed by atoms with van der Waals surface area (Å²) in [6.07, 6.45) is 6.22. The van der Waals surface area contributed by atoms with Crippen LogP contribution in [0.4, 0.5) is 11.6 Å². The third-order valence-electron chi connectivity index (χ3n) is 1.85. The molecule has 0 aliphatic heterocycles. The van der Waals surface area contributed by atoms with Crippen molar-refractivity contribution in [3.05, 3.63) is 24.8 Å². The molecule has 0 amide bonds. The van der Waals surface area contributed by atoms with Gasteiger partial charge in [0.05, 0.1) is 24.3 Å². The van der Waals surface area contributed by atoms with Crippen LogP contribution < -0.4 is 5.32 Å². The second-order valence-corrected chi connectivity index (χ2v) is 2.97. The molecule has 0 atom stereocenters. The number of rotatable bonds is 3. The van der Waals surface area contributed by atoms with Gasteiger partial charge in [-0.1, -0.05) is 0 Å². The van der Waals surface area contributed by atoms with Crippen LogP contribution in [0.15, 0.2) is 24.8 Å². The van der Waals surface area contributed by atoms with Gasteiger partial charge in [-0.3, -0.25) is 4.68 Å². The number of aromatic hydroxyl groups is 1. The number of hydrogen-bond acceptors (Lipinski definition) is 5. The minimum absolute atomic E-state index is 0.0461. The first-order valence-corrected chi connectivity index (χ1v) is 4.58. The van der Waals surface area contributed by atoms with Crippen LogP contribution in [0, 0.1) is 0 Å². The normalized spacial score (nSPS) is 10.2. The summed E-state index contributed by atoms with van der Waals surface area (Å²) >= 11 is 0. The van der Waals surface area contributed by atoms with Gasteiger partial charge in [0.15, 0.2) is 5.75 Å². The lowest BCUT2D eigenvalue weighted by molar-refractivity contribution is 0.470. The van der Waals surface area contributed by atoms with E-state index in [-0.39, 0.29) is 5.75 Å². The largest absolute Gasteiger partial charge is 0.505 e. The van der Waals surface area contributed by atoms with E-state index >= 15 is 0 Å². The SMILES string of the molecule is CCn1cc(Nc2ncc(O)cn2)cn1. The van der Waals surface area contributed by atoms with Crippen LogP contribution in [-0.2, 0) is 6.54 Å². The maximum atomic E-state index is 9.00. The van der Waals surface area contributed by atoms with Gasteiger partial charge >= 0.3 is 0 Å². The summed E-state index contributed by atoms with van der Waals surface area (Å²) in [6, 6.07) is 0. The van der Waals surface area contributed by atoms with Crippen LogP contribution in [0.25, 0.3) is 0 Å². The van der Waals surface area contributed by atoms with E-state index in [9.17, 15) is 0 Å². The van der Waals surface area contributed by atoms with Gasteiger partial charge in [-0.25, -0.2) is 9.97 Å². The predicted molar refractivity (Wildman–Crippen MR) is 54.9 cm³/mol. The van der Waals surface area contributed by atoms with Crippen LogP contribution in [-0.4, -0.2) is 24.9 Å². The summed E-state index contributed by atoms with van der Waals surface area (Å²) in [4.78, 5) is 7.80. The van der Waals surface area contributed by atoms with Crippen LogP contribution in [0.3, 0.4) is 0 Å². The molecule has 6 nitrogen and oxygen atoms in total. The van der Waals surface area contributed by atoms with Crippen LogP contribution in [0.2, 0.25) is 0 Å². The highest BCUT2D eigenvalue weighted by molar-refractivity contribution is 5.50. The van der Waals surface area contributed by atoms with E-state index in [1.165, 1.54) is 12.4 Å². The molecule has 2 rings (SSSR count). The minimum Gasteiger partial charge on any atom is -0.505 e. The lowest BCUT2D eigenvalue weighted by Crippen LogP contribution is -1.95. The van der Waals surface area contributed by atoms with Crippen molar-refractivity contribution < 1.29 is 5.11 Å². The van der Waals surface area contributed by atoms with Crippen LogP contribution in [0.1, 0.15) is 6.92 Å². The van der Waals surface area contributed by atoms with Gasteiger partial charge in [-0.05, 0) is 6.92 Å². The third kappa shape index (κ3) is 2.22. The molecule has 6 heteroatoms. The highest BCUT2D eigenvalue weighted by Crippen LogP contribution is 2.12. The van der Waals surface area contributed by atoms with Crippen molar-refractivity contribution in [1.82, 2.24) is 19.7 Å². The first-order valence-electron chi connectivity index (χ1n) is 4.58. The van der Waals surface area contributed by atoms with Crippen molar-refractivity contribution in [3.8, 4) is 5.75 Å². The van der Waals surface area contributed by atoms with Gasteiger partial charge < -0.3 is 10.4 Å². The summed E-state index contributed by atoms with van der Waals surface area (Å²) in [5.74, 6) is 0.480. The maximum Gasteiger partial charge on any atom is 0.227 e. The van der Waals surface area contributed by atoms with E-state index in [2.05, 4.69) is 20.4 Å². The molecule has 15 heavy (non-hydrogen) atoms. The maximum absolute atomic E-state index is 9.00. The van der Waals surface area contributed by atoms with E-state index in [4.69, 9.17) is 5.11 Å². The molecule has 0 aliphatic rings. The fourth-order valence-electron chi connectivity index (χ4n) is 1.12. The number of aromatic nitrogens is 4. The number of nitrogens with zero attached hydrogens (tertiary/aromatic N) is 4. The first-order chi connectivity index (χ1) is 7.28. The Morgan fingerprint density at radius 2 is 2.07 bits per heavy atom. The molecular weight excluding hydrogens is 194 g/mol. The van der Waals surface area contributed by atoms with E-state index in [1.54, 1.807) is 10.9 Å². The minimum atomic E-state index is 0.0461. The first kappa shape index (κ1) is 9.45. The van der Waals surface area contributed by atoms with Crippen molar-refractivity contribution in [3.63, 3.8) is 0 Å². The van der Waals surface area contributed by atoms with Gasteiger partial charge in [-0.2, -0.15) is 5.10 Å². The smallest absolute Gasteiger partial charge is 0.227 e. The molecule has 0 aliphatic carbocycles. The van der Waals surface area contributed by atoms with Gasteiger partial charge in [-0.15, -0.1) is 0 Å². The quantitative estimate of drug-likeness (QED) is 0.785. The van der Waals surface area contributed by atoms with E-state index in [0.29, 0.717) is 5.95 Å². The lowest BCUT2D eigenvalue weighted by Gasteiger charge is -1.99. The van der Waals surface area contributed by atoms with Gasteiger partial charge in [0, 0.05) is 12.7 Å². The average molecular weight is 205 g/mol. The number of hydrogen-bond donors (Lipinski definition) is 2. The van der Waals surface area contributed by atoms with Crippen LogP contribution >= 0.6 is 0 Å². The van der Waals surface area contributed by atoms with E-state index < -0.39 is 0 Å². The molecule has 2 N–H and O–H groups in total. The lowest BCUT2D eigenvalue weighted by atomic mass is 10.5. The van der Waals surface area contributed by atoms with E-state index in [1.807, 2.05) is 13.1 Å². The van der Waals surface area contributed by atoms with Gasteiger partial charge in [0.25, 0.3) is 0 Å². The fraction of sp³-hybridized carbons (Fsp3) is 0.222. The molecule has 0 bridgehead atoms. The summed E-state index contributed by atoms with van der Waals surface area (Å²) in [5.41, 5.74) is 0.822. The van der Waals surface area contributed by atoms with Crippen molar-refractivity contribution in [2.45, 2.75) is 13.5 Å². The summed E-state index contributed by atoms with van der Waals surface area (Å²) in [6.45, 7) is 2.83. The molecule has 0 unspecified atom stereocenters. The molecule has 0 spiro atoms. The second-order valence-electron chi connectivity index (χ2n) is 2.97. The highest BCUT2D eigenvalue weighted by atomic mass is 16.3. The Balaban J connectivity index is 2.11. The molecule has 0 saturated carbocycles. The third-order valence-corrected chi connectivity index (χ3v) is 1.85. The Hall–Kier alpha value is -2.11. The van der Waals surface area contributed by atoms with Crippen LogP contribution in [0.5, 0.6) is 5.75 Å². The monoisotopic (exact) mass is 205 g/mol. The zero-order chi connectivity index (χ0) is 10.7. The molecule has 78 valence electrons. The molecule has 2 aromatic heterocycles. The molecule has 2 heterocycles. The van der Waals surface area contributed by atoms with Gasteiger partial charge in [0.1, 0.15) is 0 Å². The summed E-state index contributed by atoms with van der Waals surface area (Å²) in [7, 11) is 0. The topological polar surface area (TPSA) is 75.9 Å². The van der Waals surface area contributed by atoms with Crippen molar-refractivity contribution in [2.24, 2.45) is 0 Å². The molecule has 0 radical (unpaired) electrons. The molecule has 0 saturated heterocycles. The zero-order valence-electron chi connectivity index (χ0n) is 8.25. The van der Waals surface area contributed by atoms with Crippen molar-refractivity contribution in [2.75, 3.05) is 5.32 Å². The second kappa shape index (κ2) is 3.95. The van der Waals surface area contributed by atoms with Crippen molar-refractivity contribution in [1.29, 1.82) is 0 Å². The molecule has 0 fully saturated rings. The van der Waals surface area contributed by atoms with Gasteiger partial charge in [0.2, 0.25) is 5.95 Å².